The second-order valence-electron chi connectivity index (χ2n) is 5.43. The van der Waals surface area contributed by atoms with E-state index in [0.717, 1.165) is 18.7 Å². The van der Waals surface area contributed by atoms with Crippen LogP contribution in [-0.2, 0) is 4.74 Å². The van der Waals surface area contributed by atoms with Crippen LogP contribution in [-0.4, -0.2) is 46.5 Å². The van der Waals surface area contributed by atoms with E-state index < -0.39 is 24.1 Å². The molecular weight excluding hydrogens is 300 g/mol. The maximum atomic E-state index is 12.4. The monoisotopic (exact) mass is 322 g/mol. The van der Waals surface area contributed by atoms with E-state index in [-0.39, 0.29) is 6.61 Å². The predicted molar refractivity (Wildman–Crippen MR) is 85.3 cm³/mol. The Hall–Kier alpha value is -2.09. The van der Waals surface area contributed by atoms with Crippen LogP contribution in [0.1, 0.15) is 32.1 Å². The number of hydrogen-bond acceptors (Lipinski definition) is 6. The summed E-state index contributed by atoms with van der Waals surface area (Å²) < 4.78 is 7.05. The molecule has 0 unspecified atom stereocenters. The van der Waals surface area contributed by atoms with Crippen LogP contribution in [0, 0.1) is 6.92 Å². The van der Waals surface area contributed by atoms with Gasteiger partial charge in [0.25, 0.3) is 0 Å². The summed E-state index contributed by atoms with van der Waals surface area (Å²) in [6, 6.07) is -0.496. The Morgan fingerprint density at radius 2 is 2.26 bits per heavy atom. The maximum Gasteiger partial charge on any atom is 0.351 e. The van der Waals surface area contributed by atoms with E-state index in [9.17, 15) is 9.90 Å². The zero-order chi connectivity index (χ0) is 17.0. The standard InChI is InChI=1S/C14H22N6O3/c1-4-19(5-2)13-9(3)7-20(14(22)16-13)12-6-10(17-18-15)11(8-21)23-12/h7,10-12,21H,4-6,8H2,1-3H3/t10-,11+,12+/m0/s1. The summed E-state index contributed by atoms with van der Waals surface area (Å²) in [4.78, 5) is 21.3. The minimum atomic E-state index is -0.606. The lowest BCUT2D eigenvalue weighted by molar-refractivity contribution is -0.0270. The minimum Gasteiger partial charge on any atom is -0.394 e. The molecule has 0 aromatic carbocycles. The second-order valence-corrected chi connectivity index (χ2v) is 5.43. The molecule has 0 bridgehead atoms. The Kier molecular flexibility index (Phi) is 5.59. The fraction of sp³-hybridized carbons (Fsp3) is 0.714. The number of rotatable bonds is 6. The molecule has 1 aliphatic rings. The van der Waals surface area contributed by atoms with E-state index >= 15 is 0 Å². The number of nitrogens with zero attached hydrogens (tertiary/aromatic N) is 6. The quantitative estimate of drug-likeness (QED) is 0.482. The summed E-state index contributed by atoms with van der Waals surface area (Å²) in [5.41, 5.74) is 9.03. The number of aromatic nitrogens is 2. The number of anilines is 1. The van der Waals surface area contributed by atoms with Crippen molar-refractivity contribution in [1.82, 2.24) is 9.55 Å². The number of aliphatic hydroxyl groups excluding tert-OH is 1. The fourth-order valence-electron chi connectivity index (χ4n) is 2.85. The third-order valence-electron chi connectivity index (χ3n) is 4.07. The zero-order valence-electron chi connectivity index (χ0n) is 13.6. The van der Waals surface area contributed by atoms with E-state index in [2.05, 4.69) is 15.0 Å². The van der Waals surface area contributed by atoms with Gasteiger partial charge in [0.15, 0.2) is 0 Å². The third-order valence-corrected chi connectivity index (χ3v) is 4.07. The van der Waals surface area contributed by atoms with Gasteiger partial charge in [-0.25, -0.2) is 4.79 Å². The Balaban J connectivity index is 2.33. The average Bonchev–Trinajstić information content (AvgIpc) is 2.94. The van der Waals surface area contributed by atoms with Gasteiger partial charge in [-0.3, -0.25) is 4.57 Å². The second kappa shape index (κ2) is 7.45. The first kappa shape index (κ1) is 17.3. The number of azide groups is 1. The molecule has 0 amide bonds. The largest absolute Gasteiger partial charge is 0.394 e. The van der Waals surface area contributed by atoms with Crippen molar-refractivity contribution in [3.63, 3.8) is 0 Å². The first-order chi connectivity index (χ1) is 11.0. The smallest absolute Gasteiger partial charge is 0.351 e. The lowest BCUT2D eigenvalue weighted by Crippen LogP contribution is -2.32. The molecule has 9 heteroatoms. The molecular formula is C14H22N6O3. The van der Waals surface area contributed by atoms with Gasteiger partial charge in [0.1, 0.15) is 12.0 Å². The zero-order valence-corrected chi connectivity index (χ0v) is 13.6. The number of ether oxygens (including phenoxy) is 1. The van der Waals surface area contributed by atoms with Crippen LogP contribution in [0.4, 0.5) is 5.82 Å². The lowest BCUT2D eigenvalue weighted by Gasteiger charge is -2.23. The highest BCUT2D eigenvalue weighted by Crippen LogP contribution is 2.30. The van der Waals surface area contributed by atoms with Gasteiger partial charge in [0.2, 0.25) is 0 Å². The van der Waals surface area contributed by atoms with Gasteiger partial charge in [-0.05, 0) is 26.3 Å². The van der Waals surface area contributed by atoms with E-state index in [1.807, 2.05) is 25.7 Å². The molecule has 1 saturated heterocycles. The number of aryl methyl sites for hydroxylation is 1. The molecule has 1 aromatic heterocycles. The Morgan fingerprint density at radius 3 is 2.83 bits per heavy atom. The molecule has 1 N–H and O–H groups in total. The first-order valence-corrected chi connectivity index (χ1v) is 7.70. The lowest BCUT2D eigenvalue weighted by atomic mass is 10.1. The predicted octanol–water partition coefficient (Wildman–Crippen LogP) is 1.36. The molecule has 2 heterocycles. The molecule has 0 radical (unpaired) electrons. The van der Waals surface area contributed by atoms with Crippen LogP contribution in [0.15, 0.2) is 16.1 Å². The van der Waals surface area contributed by atoms with E-state index in [1.54, 1.807) is 6.20 Å². The van der Waals surface area contributed by atoms with Crippen molar-refractivity contribution in [2.75, 3.05) is 24.6 Å². The van der Waals surface area contributed by atoms with Crippen LogP contribution in [0.2, 0.25) is 0 Å². The van der Waals surface area contributed by atoms with Crippen molar-refractivity contribution in [3.8, 4) is 0 Å². The van der Waals surface area contributed by atoms with Crippen molar-refractivity contribution in [2.24, 2.45) is 5.11 Å². The highest BCUT2D eigenvalue weighted by molar-refractivity contribution is 5.44. The highest BCUT2D eigenvalue weighted by atomic mass is 16.5. The maximum absolute atomic E-state index is 12.4. The van der Waals surface area contributed by atoms with Gasteiger partial charge in [0, 0.05) is 36.2 Å². The Morgan fingerprint density at radius 1 is 1.57 bits per heavy atom. The van der Waals surface area contributed by atoms with Crippen molar-refractivity contribution < 1.29 is 9.84 Å². The molecule has 0 aliphatic carbocycles. The van der Waals surface area contributed by atoms with E-state index in [1.165, 1.54) is 4.57 Å². The van der Waals surface area contributed by atoms with E-state index in [0.29, 0.717) is 12.2 Å². The van der Waals surface area contributed by atoms with Crippen molar-refractivity contribution in [2.45, 2.75) is 45.6 Å². The number of aliphatic hydroxyl groups is 1. The molecule has 9 nitrogen and oxygen atoms in total. The number of hydrogen-bond donors (Lipinski definition) is 1. The van der Waals surface area contributed by atoms with Crippen molar-refractivity contribution >= 4 is 5.82 Å². The molecule has 2 rings (SSSR count). The van der Waals surface area contributed by atoms with Gasteiger partial charge < -0.3 is 14.7 Å². The molecule has 0 spiro atoms. The minimum absolute atomic E-state index is 0.265. The van der Waals surface area contributed by atoms with Gasteiger partial charge >= 0.3 is 5.69 Å². The summed E-state index contributed by atoms with van der Waals surface area (Å²) in [5, 5.41) is 12.9. The first-order valence-electron chi connectivity index (χ1n) is 7.70. The summed E-state index contributed by atoms with van der Waals surface area (Å²) >= 11 is 0. The topological polar surface area (TPSA) is 116 Å². The fourth-order valence-corrected chi connectivity index (χ4v) is 2.85. The van der Waals surface area contributed by atoms with E-state index in [4.69, 9.17) is 10.3 Å². The summed E-state index contributed by atoms with van der Waals surface area (Å²) in [5.74, 6) is 0.666. The van der Waals surface area contributed by atoms with Crippen LogP contribution >= 0.6 is 0 Å². The summed E-state index contributed by atoms with van der Waals surface area (Å²) in [6.07, 6.45) is 0.847. The van der Waals surface area contributed by atoms with Crippen LogP contribution < -0.4 is 10.6 Å². The summed E-state index contributed by atoms with van der Waals surface area (Å²) in [7, 11) is 0. The molecule has 0 saturated carbocycles. The highest BCUT2D eigenvalue weighted by Gasteiger charge is 2.36. The average molecular weight is 322 g/mol. The molecule has 3 atom stereocenters. The molecule has 23 heavy (non-hydrogen) atoms. The van der Waals surface area contributed by atoms with Crippen LogP contribution in [0.25, 0.3) is 10.4 Å². The SMILES string of the molecule is CCN(CC)c1nc(=O)n([C@H]2C[C@H](N=[N+]=[N-])[C@@H](CO)O2)cc1C. The Labute approximate surface area is 134 Å². The van der Waals surface area contributed by atoms with Gasteiger partial charge in [-0.15, -0.1) is 0 Å². The molecule has 1 aromatic rings. The normalized spacial score (nSPS) is 23.6. The Bertz CT molecular complexity index is 650. The van der Waals surface area contributed by atoms with Crippen molar-refractivity contribution in [1.29, 1.82) is 0 Å². The van der Waals surface area contributed by atoms with Gasteiger partial charge in [-0.2, -0.15) is 4.98 Å². The summed E-state index contributed by atoms with van der Waals surface area (Å²) in [6.45, 7) is 7.16. The van der Waals surface area contributed by atoms with Gasteiger partial charge in [0.05, 0.1) is 18.8 Å². The molecule has 1 aliphatic heterocycles. The third kappa shape index (κ3) is 3.47. The molecule has 126 valence electrons. The molecule has 1 fully saturated rings. The van der Waals surface area contributed by atoms with Crippen LogP contribution in [0.3, 0.4) is 0 Å². The van der Waals surface area contributed by atoms with Gasteiger partial charge in [-0.1, -0.05) is 5.11 Å². The van der Waals surface area contributed by atoms with Crippen molar-refractivity contribution in [3.05, 3.63) is 32.7 Å². The van der Waals surface area contributed by atoms with Crippen LogP contribution in [0.5, 0.6) is 0 Å².